The third kappa shape index (κ3) is 3.38. The van der Waals surface area contributed by atoms with Gasteiger partial charge in [-0.3, -0.25) is 0 Å². The number of nitrogens with two attached hydrogens (primary N) is 1. The van der Waals surface area contributed by atoms with E-state index in [-0.39, 0.29) is 0 Å². The van der Waals surface area contributed by atoms with Gasteiger partial charge in [0.25, 0.3) is 0 Å². The van der Waals surface area contributed by atoms with Gasteiger partial charge in [0.05, 0.1) is 5.69 Å². The fraction of sp³-hybridized carbons (Fsp3) is 0.455. The highest BCUT2D eigenvalue weighted by Crippen LogP contribution is 2.14. The van der Waals surface area contributed by atoms with E-state index in [9.17, 15) is 0 Å². The molecular formula is C11H19ClN4. The van der Waals surface area contributed by atoms with Crippen LogP contribution in [-0.2, 0) is 0 Å². The first-order valence-electron chi connectivity index (χ1n) is 5.45. The molecule has 0 saturated carbocycles. The molecule has 2 heterocycles. The van der Waals surface area contributed by atoms with Gasteiger partial charge in [-0.2, -0.15) is 5.10 Å². The summed E-state index contributed by atoms with van der Waals surface area (Å²) in [5.74, 6) is 0.410. The van der Waals surface area contributed by atoms with Crippen LogP contribution in [0.3, 0.4) is 0 Å². The molecule has 4 nitrogen and oxygen atoms in total. The molecule has 2 aromatic rings. The van der Waals surface area contributed by atoms with Crippen molar-refractivity contribution in [2.24, 2.45) is 0 Å². The number of aryl methyl sites for hydroxylation is 1. The Morgan fingerprint density at radius 2 is 1.75 bits per heavy atom. The van der Waals surface area contributed by atoms with Crippen molar-refractivity contribution in [3.63, 3.8) is 0 Å². The zero-order valence-corrected chi connectivity index (χ0v) is 11.2. The van der Waals surface area contributed by atoms with Crippen molar-refractivity contribution in [2.75, 3.05) is 5.73 Å². The molecule has 0 atom stereocenters. The van der Waals surface area contributed by atoms with E-state index in [0.29, 0.717) is 16.6 Å². The van der Waals surface area contributed by atoms with E-state index in [1.54, 1.807) is 10.6 Å². The Morgan fingerprint density at radius 1 is 1.19 bits per heavy atom. The van der Waals surface area contributed by atoms with Crippen LogP contribution < -0.4 is 5.73 Å². The molecule has 0 fully saturated rings. The minimum atomic E-state index is 0.410. The molecule has 0 radical (unpaired) electrons. The molecular weight excluding hydrogens is 224 g/mol. The zero-order chi connectivity index (χ0) is 12.7. The van der Waals surface area contributed by atoms with Gasteiger partial charge in [0.2, 0.25) is 0 Å². The van der Waals surface area contributed by atoms with Crippen LogP contribution in [-0.4, -0.2) is 14.6 Å². The van der Waals surface area contributed by atoms with Gasteiger partial charge >= 0.3 is 0 Å². The van der Waals surface area contributed by atoms with Crippen LogP contribution in [0.5, 0.6) is 0 Å². The lowest BCUT2D eigenvalue weighted by atomic mass is 10.5. The molecule has 0 aliphatic carbocycles. The smallest absolute Gasteiger partial charge is 0.159 e. The predicted molar refractivity (Wildman–Crippen MR) is 69.8 cm³/mol. The van der Waals surface area contributed by atoms with Crippen LogP contribution in [0.1, 0.15) is 33.4 Å². The van der Waals surface area contributed by atoms with Crippen molar-refractivity contribution < 1.29 is 0 Å². The molecule has 0 unspecified atom stereocenters. The van der Waals surface area contributed by atoms with Crippen LogP contribution in [0.15, 0.2) is 12.1 Å². The number of nitrogens with zero attached hydrogens (tertiary/aromatic N) is 3. The number of nitrogen functional groups attached to an aromatic ring is 1. The Labute approximate surface area is 101 Å². The average Bonchev–Trinajstić information content (AvgIpc) is 2.65. The van der Waals surface area contributed by atoms with E-state index in [0.717, 1.165) is 5.69 Å². The van der Waals surface area contributed by atoms with Gasteiger partial charge in [-0.25, -0.2) is 9.50 Å². The lowest BCUT2D eigenvalue weighted by Crippen LogP contribution is -1.96. The molecule has 2 N–H and O–H groups in total. The predicted octanol–water partition coefficient (Wildman–Crippen LogP) is 3.33. The van der Waals surface area contributed by atoms with Crippen molar-refractivity contribution in [3.05, 3.63) is 23.0 Å². The normalized spacial score (nSPS) is 8.88. The quantitative estimate of drug-likeness (QED) is 0.721. The van der Waals surface area contributed by atoms with Crippen LogP contribution >= 0.6 is 11.6 Å². The summed E-state index contributed by atoms with van der Waals surface area (Å²) in [5, 5.41) is 4.60. The highest BCUT2D eigenvalue weighted by atomic mass is 35.5. The second kappa shape index (κ2) is 7.06. The molecule has 16 heavy (non-hydrogen) atoms. The lowest BCUT2D eigenvalue weighted by molar-refractivity contribution is 0.920. The Kier molecular flexibility index (Phi) is 6.49. The summed E-state index contributed by atoms with van der Waals surface area (Å²) in [6.45, 7) is 9.88. The number of fused-ring (bicyclic) bond motifs is 1. The average molecular weight is 243 g/mol. The van der Waals surface area contributed by atoms with Crippen molar-refractivity contribution in [1.29, 1.82) is 0 Å². The number of aromatic nitrogens is 3. The number of hydrogen-bond donors (Lipinski definition) is 1. The third-order valence-electron chi connectivity index (χ3n) is 1.53. The van der Waals surface area contributed by atoms with Gasteiger partial charge in [-0.1, -0.05) is 39.3 Å². The fourth-order valence-electron chi connectivity index (χ4n) is 1.07. The second-order valence-electron chi connectivity index (χ2n) is 2.56. The second-order valence-corrected chi connectivity index (χ2v) is 2.95. The first-order valence-corrected chi connectivity index (χ1v) is 5.83. The maximum absolute atomic E-state index is 5.86. The molecule has 2 aromatic heterocycles. The third-order valence-corrected chi connectivity index (χ3v) is 1.79. The number of halogens is 1. The minimum absolute atomic E-state index is 0.410. The van der Waals surface area contributed by atoms with Crippen LogP contribution in [0, 0.1) is 6.92 Å². The summed E-state index contributed by atoms with van der Waals surface area (Å²) in [6, 6.07) is 3.39. The molecule has 2 rings (SSSR count). The molecule has 0 bridgehead atoms. The maximum atomic E-state index is 5.86. The summed E-state index contributed by atoms with van der Waals surface area (Å²) in [6.07, 6.45) is 0. The lowest BCUT2D eigenvalue weighted by Gasteiger charge is -1.96. The van der Waals surface area contributed by atoms with Gasteiger partial charge in [0.15, 0.2) is 5.65 Å². The van der Waals surface area contributed by atoms with Crippen molar-refractivity contribution in [2.45, 2.75) is 34.6 Å². The van der Waals surface area contributed by atoms with Gasteiger partial charge in [-0.05, 0) is 6.92 Å². The van der Waals surface area contributed by atoms with Gasteiger partial charge in [-0.15, -0.1) is 0 Å². The van der Waals surface area contributed by atoms with Crippen molar-refractivity contribution >= 4 is 23.1 Å². The molecule has 0 amide bonds. The van der Waals surface area contributed by atoms with E-state index in [1.165, 1.54) is 0 Å². The van der Waals surface area contributed by atoms with Crippen LogP contribution in [0.25, 0.3) is 5.65 Å². The summed E-state index contributed by atoms with van der Waals surface area (Å²) in [5.41, 5.74) is 7.05. The zero-order valence-electron chi connectivity index (χ0n) is 10.5. The number of hydrogen-bond acceptors (Lipinski definition) is 3. The van der Waals surface area contributed by atoms with Gasteiger partial charge in [0.1, 0.15) is 11.0 Å². The van der Waals surface area contributed by atoms with E-state index in [1.807, 2.05) is 40.7 Å². The highest BCUT2D eigenvalue weighted by Gasteiger charge is 2.03. The first kappa shape index (κ1) is 14.7. The van der Waals surface area contributed by atoms with E-state index < -0.39 is 0 Å². The van der Waals surface area contributed by atoms with Crippen molar-refractivity contribution in [3.8, 4) is 0 Å². The Balaban J connectivity index is 0.000000509. The number of rotatable bonds is 0. The van der Waals surface area contributed by atoms with E-state index in [4.69, 9.17) is 17.3 Å². The summed E-state index contributed by atoms with van der Waals surface area (Å²) in [4.78, 5) is 4.05. The molecule has 0 aromatic carbocycles. The monoisotopic (exact) mass is 242 g/mol. The topological polar surface area (TPSA) is 56.2 Å². The molecule has 5 heteroatoms. The van der Waals surface area contributed by atoms with Gasteiger partial charge < -0.3 is 5.73 Å². The first-order chi connectivity index (χ1) is 7.66. The fourth-order valence-corrected chi connectivity index (χ4v) is 1.31. The maximum Gasteiger partial charge on any atom is 0.159 e. The Morgan fingerprint density at radius 3 is 2.31 bits per heavy atom. The van der Waals surface area contributed by atoms with E-state index >= 15 is 0 Å². The molecule has 0 spiro atoms. The molecule has 0 aliphatic rings. The van der Waals surface area contributed by atoms with Gasteiger partial charge in [0, 0.05) is 12.1 Å². The SMILES string of the molecule is CC.CC.Cc1cc2nc(N)cc(Cl)n2n1. The molecule has 0 aliphatic heterocycles. The Bertz CT molecular complexity index is 437. The Hall–Kier alpha value is -1.29. The summed E-state index contributed by atoms with van der Waals surface area (Å²) in [7, 11) is 0. The number of anilines is 1. The highest BCUT2D eigenvalue weighted by molar-refractivity contribution is 6.29. The molecule has 90 valence electrons. The minimum Gasteiger partial charge on any atom is -0.384 e. The van der Waals surface area contributed by atoms with E-state index in [2.05, 4.69) is 10.1 Å². The summed E-state index contributed by atoms with van der Waals surface area (Å²) < 4.78 is 1.55. The largest absolute Gasteiger partial charge is 0.384 e. The van der Waals surface area contributed by atoms with Crippen LogP contribution in [0.4, 0.5) is 5.82 Å². The standard InChI is InChI=1S/C7H7ClN4.2C2H6/c1-4-2-7-10-6(9)3-5(8)12(7)11-4;2*1-2/h2-3H,1H3,(H2,9,10);2*1-2H3. The van der Waals surface area contributed by atoms with Crippen molar-refractivity contribution in [1.82, 2.24) is 14.6 Å². The summed E-state index contributed by atoms with van der Waals surface area (Å²) >= 11 is 5.86. The molecule has 0 saturated heterocycles. The van der Waals surface area contributed by atoms with Crippen LogP contribution in [0.2, 0.25) is 5.15 Å².